The Bertz CT molecular complexity index is 857. The van der Waals surface area contributed by atoms with Crippen molar-refractivity contribution in [1.29, 1.82) is 0 Å². The SMILES string of the molecule is CC.COCc1ccc(CC(OC)OC)cc1.O=Cc1ccc(COc2ccccc2)cc1. The van der Waals surface area contributed by atoms with E-state index in [0.29, 0.717) is 18.8 Å². The molecule has 3 aromatic carbocycles. The second-order valence-electron chi connectivity index (χ2n) is 6.82. The van der Waals surface area contributed by atoms with Gasteiger partial charge in [-0.2, -0.15) is 0 Å². The summed E-state index contributed by atoms with van der Waals surface area (Å²) in [5, 5.41) is 0. The number of para-hydroxylation sites is 1. The Morgan fingerprint density at radius 3 is 1.73 bits per heavy atom. The molecule has 3 aromatic rings. The number of aldehydes is 1. The van der Waals surface area contributed by atoms with Crippen LogP contribution in [0.2, 0.25) is 0 Å². The highest BCUT2D eigenvalue weighted by molar-refractivity contribution is 5.74. The molecule has 5 nitrogen and oxygen atoms in total. The number of carbonyl (C=O) groups is 1. The van der Waals surface area contributed by atoms with E-state index in [1.54, 1.807) is 33.5 Å². The van der Waals surface area contributed by atoms with Crippen LogP contribution in [0.15, 0.2) is 78.9 Å². The van der Waals surface area contributed by atoms with E-state index in [1.165, 1.54) is 11.1 Å². The second-order valence-corrected chi connectivity index (χ2v) is 6.82. The number of rotatable bonds is 10. The van der Waals surface area contributed by atoms with Crippen molar-refractivity contribution in [2.75, 3.05) is 21.3 Å². The molecule has 33 heavy (non-hydrogen) atoms. The monoisotopic (exact) mass is 452 g/mol. The van der Waals surface area contributed by atoms with Crippen molar-refractivity contribution in [3.05, 3.63) is 101 Å². The zero-order valence-corrected chi connectivity index (χ0v) is 20.3. The van der Waals surface area contributed by atoms with Crippen LogP contribution in [-0.4, -0.2) is 33.9 Å². The molecule has 0 aliphatic rings. The Hall–Kier alpha value is -2.99. The van der Waals surface area contributed by atoms with E-state index in [4.69, 9.17) is 18.9 Å². The maximum Gasteiger partial charge on any atom is 0.160 e. The van der Waals surface area contributed by atoms with Crippen LogP contribution in [-0.2, 0) is 33.8 Å². The van der Waals surface area contributed by atoms with Crippen LogP contribution in [0.4, 0.5) is 0 Å². The minimum Gasteiger partial charge on any atom is -0.489 e. The summed E-state index contributed by atoms with van der Waals surface area (Å²) in [7, 11) is 4.99. The van der Waals surface area contributed by atoms with Gasteiger partial charge in [0.1, 0.15) is 18.6 Å². The standard InChI is InChI=1S/C14H12O2.C12H18O3.C2H6/c15-10-12-6-8-13(9-7-12)11-16-14-4-2-1-3-5-14;1-13-9-11-6-4-10(5-7-11)8-12(14-2)15-3;1-2/h1-10H,11H2;4-7,12H,8-9H2,1-3H3;1-2H3. The molecule has 0 radical (unpaired) electrons. The third kappa shape index (κ3) is 11.4. The van der Waals surface area contributed by atoms with Gasteiger partial charge >= 0.3 is 0 Å². The molecular weight excluding hydrogens is 416 g/mol. The summed E-state index contributed by atoms with van der Waals surface area (Å²) in [6, 6.07) is 25.3. The summed E-state index contributed by atoms with van der Waals surface area (Å²) in [6.45, 7) is 5.17. The Labute approximate surface area is 198 Å². The van der Waals surface area contributed by atoms with E-state index < -0.39 is 0 Å². The summed E-state index contributed by atoms with van der Waals surface area (Å²) in [5.74, 6) is 0.849. The van der Waals surface area contributed by atoms with E-state index in [0.717, 1.165) is 24.0 Å². The molecule has 178 valence electrons. The fourth-order valence-electron chi connectivity index (χ4n) is 2.77. The minimum atomic E-state index is -0.168. The van der Waals surface area contributed by atoms with Gasteiger partial charge in [0, 0.05) is 33.3 Å². The fraction of sp³-hybridized carbons (Fsp3) is 0.321. The molecule has 5 heteroatoms. The first-order chi connectivity index (χ1) is 16.2. The number of ether oxygens (including phenoxy) is 4. The van der Waals surface area contributed by atoms with Crippen molar-refractivity contribution >= 4 is 6.29 Å². The maximum absolute atomic E-state index is 10.5. The van der Waals surface area contributed by atoms with Crippen LogP contribution < -0.4 is 4.74 Å². The zero-order chi connectivity index (χ0) is 24.3. The Kier molecular flexibility index (Phi) is 14.9. The van der Waals surface area contributed by atoms with E-state index >= 15 is 0 Å². The summed E-state index contributed by atoms with van der Waals surface area (Å²) < 4.78 is 20.9. The van der Waals surface area contributed by atoms with E-state index in [-0.39, 0.29) is 6.29 Å². The number of methoxy groups -OCH3 is 3. The predicted molar refractivity (Wildman–Crippen MR) is 133 cm³/mol. The zero-order valence-electron chi connectivity index (χ0n) is 20.3. The van der Waals surface area contributed by atoms with Crippen LogP contribution in [0, 0.1) is 0 Å². The summed E-state index contributed by atoms with van der Waals surface area (Å²) in [4.78, 5) is 10.5. The van der Waals surface area contributed by atoms with Gasteiger partial charge in [-0.05, 0) is 28.8 Å². The van der Waals surface area contributed by atoms with Gasteiger partial charge in [-0.3, -0.25) is 4.79 Å². The summed E-state index contributed by atoms with van der Waals surface area (Å²) in [6.07, 6.45) is 1.43. The first-order valence-electron chi connectivity index (χ1n) is 11.0. The van der Waals surface area contributed by atoms with Gasteiger partial charge in [0.15, 0.2) is 6.29 Å². The predicted octanol–water partition coefficient (Wildman–Crippen LogP) is 6.10. The number of benzene rings is 3. The lowest BCUT2D eigenvalue weighted by Gasteiger charge is -2.13. The van der Waals surface area contributed by atoms with Gasteiger partial charge in [0.25, 0.3) is 0 Å². The average molecular weight is 453 g/mol. The lowest BCUT2D eigenvalue weighted by molar-refractivity contribution is -0.100. The molecule has 0 aliphatic carbocycles. The molecule has 0 heterocycles. The number of hydrogen-bond acceptors (Lipinski definition) is 5. The molecule has 0 unspecified atom stereocenters. The van der Waals surface area contributed by atoms with Gasteiger partial charge in [-0.1, -0.05) is 80.6 Å². The lowest BCUT2D eigenvalue weighted by atomic mass is 10.1. The molecule has 0 bridgehead atoms. The molecule has 0 N–H and O–H groups in total. The van der Waals surface area contributed by atoms with Crippen molar-refractivity contribution < 1.29 is 23.7 Å². The highest BCUT2D eigenvalue weighted by Crippen LogP contribution is 2.12. The van der Waals surface area contributed by atoms with Crippen LogP contribution in [0.5, 0.6) is 5.75 Å². The Balaban J connectivity index is 0.000000308. The molecule has 0 spiro atoms. The van der Waals surface area contributed by atoms with Crippen molar-refractivity contribution in [2.45, 2.75) is 39.8 Å². The van der Waals surface area contributed by atoms with Gasteiger partial charge in [-0.15, -0.1) is 0 Å². The first kappa shape index (κ1) is 28.0. The molecule has 0 amide bonds. The molecule has 0 atom stereocenters. The van der Waals surface area contributed by atoms with Crippen molar-refractivity contribution in [1.82, 2.24) is 0 Å². The normalized spacial score (nSPS) is 9.88. The van der Waals surface area contributed by atoms with Crippen molar-refractivity contribution in [3.8, 4) is 5.75 Å². The van der Waals surface area contributed by atoms with E-state index in [1.807, 2.05) is 56.3 Å². The lowest BCUT2D eigenvalue weighted by Crippen LogP contribution is -2.15. The minimum absolute atomic E-state index is 0.168. The average Bonchev–Trinajstić information content (AvgIpc) is 2.89. The fourth-order valence-corrected chi connectivity index (χ4v) is 2.77. The van der Waals surface area contributed by atoms with Gasteiger partial charge in [-0.25, -0.2) is 0 Å². The maximum atomic E-state index is 10.5. The van der Waals surface area contributed by atoms with Gasteiger partial charge in [0.2, 0.25) is 0 Å². The van der Waals surface area contributed by atoms with Crippen LogP contribution in [0.3, 0.4) is 0 Å². The van der Waals surface area contributed by atoms with Gasteiger partial charge in [0.05, 0.1) is 6.61 Å². The van der Waals surface area contributed by atoms with Crippen LogP contribution in [0.25, 0.3) is 0 Å². The molecule has 3 rings (SSSR count). The highest BCUT2D eigenvalue weighted by Gasteiger charge is 2.06. The number of carbonyl (C=O) groups excluding carboxylic acids is 1. The molecule has 0 fully saturated rings. The second kappa shape index (κ2) is 17.6. The van der Waals surface area contributed by atoms with Crippen LogP contribution in [0.1, 0.15) is 40.9 Å². The molecule has 0 saturated heterocycles. The molecular formula is C28H36O5. The molecule has 0 saturated carbocycles. The first-order valence-corrected chi connectivity index (χ1v) is 11.0. The third-order valence-electron chi connectivity index (χ3n) is 4.53. The topological polar surface area (TPSA) is 54.0 Å². The van der Waals surface area contributed by atoms with Crippen molar-refractivity contribution in [2.24, 2.45) is 0 Å². The van der Waals surface area contributed by atoms with Gasteiger partial charge < -0.3 is 18.9 Å². The highest BCUT2D eigenvalue weighted by atomic mass is 16.7. The third-order valence-corrected chi connectivity index (χ3v) is 4.53. The number of hydrogen-bond donors (Lipinski definition) is 0. The largest absolute Gasteiger partial charge is 0.489 e. The van der Waals surface area contributed by atoms with E-state index in [9.17, 15) is 4.79 Å². The summed E-state index contributed by atoms with van der Waals surface area (Å²) in [5.41, 5.74) is 4.11. The van der Waals surface area contributed by atoms with Crippen molar-refractivity contribution in [3.63, 3.8) is 0 Å². The Morgan fingerprint density at radius 1 is 0.697 bits per heavy atom. The smallest absolute Gasteiger partial charge is 0.160 e. The quantitative estimate of drug-likeness (QED) is 0.275. The molecule has 0 aromatic heterocycles. The summed E-state index contributed by atoms with van der Waals surface area (Å²) >= 11 is 0. The Morgan fingerprint density at radius 2 is 1.21 bits per heavy atom. The molecule has 0 aliphatic heterocycles. The van der Waals surface area contributed by atoms with E-state index in [2.05, 4.69) is 24.3 Å². The van der Waals surface area contributed by atoms with Crippen LogP contribution >= 0.6 is 0 Å².